The van der Waals surface area contributed by atoms with Crippen molar-refractivity contribution in [3.05, 3.63) is 88.0 Å². The van der Waals surface area contributed by atoms with Crippen LogP contribution >= 0.6 is 0 Å². The Kier molecular flexibility index (Phi) is 5.27. The lowest BCUT2D eigenvalue weighted by Gasteiger charge is -2.11. The second-order valence-corrected chi connectivity index (χ2v) is 5.90. The molecule has 3 rings (SSSR count). The van der Waals surface area contributed by atoms with E-state index in [0.717, 1.165) is 11.1 Å². The van der Waals surface area contributed by atoms with Gasteiger partial charge in [-0.3, -0.25) is 9.36 Å². The van der Waals surface area contributed by atoms with Gasteiger partial charge in [0.2, 0.25) is 0 Å². The molecule has 0 amide bonds. The molecule has 0 saturated carbocycles. The zero-order chi connectivity index (χ0) is 18.5. The van der Waals surface area contributed by atoms with Gasteiger partial charge in [0.1, 0.15) is 5.82 Å². The van der Waals surface area contributed by atoms with Crippen LogP contribution in [0, 0.1) is 6.92 Å². The molecule has 26 heavy (non-hydrogen) atoms. The summed E-state index contributed by atoms with van der Waals surface area (Å²) in [7, 11) is 0. The van der Waals surface area contributed by atoms with Crippen molar-refractivity contribution in [2.45, 2.75) is 20.4 Å². The molecule has 1 aromatic heterocycles. The summed E-state index contributed by atoms with van der Waals surface area (Å²) in [5.74, 6) is 0.298. The van der Waals surface area contributed by atoms with E-state index in [2.05, 4.69) is 4.98 Å². The summed E-state index contributed by atoms with van der Waals surface area (Å²) >= 11 is 0. The normalized spacial score (nSPS) is 10.5. The topological polar surface area (TPSA) is 61.2 Å². The van der Waals surface area contributed by atoms with Crippen LogP contribution in [0.4, 0.5) is 0 Å². The van der Waals surface area contributed by atoms with Crippen molar-refractivity contribution in [2.24, 2.45) is 0 Å². The molecule has 132 valence electrons. The Morgan fingerprint density at radius 3 is 2.38 bits per heavy atom. The molecule has 3 aromatic rings. The van der Waals surface area contributed by atoms with E-state index in [0.29, 0.717) is 30.2 Å². The minimum Gasteiger partial charge on any atom is -0.462 e. The Morgan fingerprint density at radius 1 is 1.08 bits per heavy atom. The average Bonchev–Trinajstić information content (AvgIpc) is 2.66. The highest BCUT2D eigenvalue weighted by Gasteiger charge is 2.09. The number of benzene rings is 2. The Labute approximate surface area is 151 Å². The predicted octanol–water partition coefficient (Wildman–Crippen LogP) is 3.44. The molecule has 0 saturated heterocycles. The molecule has 5 heteroatoms. The minimum absolute atomic E-state index is 0.106. The molecule has 2 aromatic carbocycles. The van der Waals surface area contributed by atoms with Crippen LogP contribution in [0.3, 0.4) is 0 Å². The van der Waals surface area contributed by atoms with Crippen molar-refractivity contribution < 1.29 is 9.53 Å². The van der Waals surface area contributed by atoms with Crippen LogP contribution in [0.1, 0.15) is 28.7 Å². The molecule has 0 aliphatic heterocycles. The molecule has 0 unspecified atom stereocenters. The summed E-state index contributed by atoms with van der Waals surface area (Å²) < 4.78 is 6.59. The first-order valence-corrected chi connectivity index (χ1v) is 8.48. The summed E-state index contributed by atoms with van der Waals surface area (Å²) in [6.07, 6.45) is 0. The molecular formula is C21H20N2O3. The molecule has 0 radical (unpaired) electrons. The van der Waals surface area contributed by atoms with Crippen LogP contribution in [-0.4, -0.2) is 22.1 Å². The fourth-order valence-corrected chi connectivity index (χ4v) is 2.71. The Morgan fingerprint density at radius 2 is 1.77 bits per heavy atom. The fourth-order valence-electron chi connectivity index (χ4n) is 2.71. The number of aryl methyl sites for hydroxylation is 1. The van der Waals surface area contributed by atoms with E-state index in [4.69, 9.17) is 4.74 Å². The van der Waals surface area contributed by atoms with Crippen molar-refractivity contribution >= 4 is 5.97 Å². The van der Waals surface area contributed by atoms with Gasteiger partial charge in [-0.2, -0.15) is 0 Å². The maximum Gasteiger partial charge on any atom is 0.338 e. The summed E-state index contributed by atoms with van der Waals surface area (Å²) in [4.78, 5) is 28.8. The van der Waals surface area contributed by atoms with Gasteiger partial charge < -0.3 is 4.74 Å². The van der Waals surface area contributed by atoms with Gasteiger partial charge in [-0.1, -0.05) is 42.5 Å². The number of nitrogens with zero attached hydrogens (tertiary/aromatic N) is 2. The van der Waals surface area contributed by atoms with E-state index in [1.54, 1.807) is 29.7 Å². The van der Waals surface area contributed by atoms with Crippen LogP contribution in [0.25, 0.3) is 11.3 Å². The van der Waals surface area contributed by atoms with Gasteiger partial charge in [0.15, 0.2) is 0 Å². The predicted molar refractivity (Wildman–Crippen MR) is 100 cm³/mol. The number of ether oxygens (including phenoxy) is 1. The highest BCUT2D eigenvalue weighted by atomic mass is 16.5. The van der Waals surface area contributed by atoms with Crippen LogP contribution in [0.15, 0.2) is 65.5 Å². The maximum absolute atomic E-state index is 12.5. The zero-order valence-corrected chi connectivity index (χ0v) is 14.8. The monoisotopic (exact) mass is 348 g/mol. The molecule has 5 nitrogen and oxygen atoms in total. The van der Waals surface area contributed by atoms with Gasteiger partial charge in [0.25, 0.3) is 5.56 Å². The van der Waals surface area contributed by atoms with Crippen molar-refractivity contribution in [1.29, 1.82) is 0 Å². The Balaban J connectivity index is 1.84. The van der Waals surface area contributed by atoms with Crippen LogP contribution in [0.2, 0.25) is 0 Å². The molecule has 0 spiro atoms. The number of hydrogen-bond donors (Lipinski definition) is 0. The summed E-state index contributed by atoms with van der Waals surface area (Å²) in [6.45, 7) is 4.33. The van der Waals surface area contributed by atoms with Crippen molar-refractivity contribution in [3.63, 3.8) is 0 Å². The Bertz CT molecular complexity index is 961. The SMILES string of the molecule is CCOC(=O)c1ccc(Cn2c(C)nc(-c3ccccc3)cc2=O)cc1. The number of hydrogen-bond acceptors (Lipinski definition) is 4. The first-order chi connectivity index (χ1) is 12.6. The fraction of sp³-hybridized carbons (Fsp3) is 0.190. The minimum atomic E-state index is -0.346. The van der Waals surface area contributed by atoms with Crippen LogP contribution in [0.5, 0.6) is 0 Å². The lowest BCUT2D eigenvalue weighted by atomic mass is 10.1. The van der Waals surface area contributed by atoms with Crippen LogP contribution < -0.4 is 5.56 Å². The second-order valence-electron chi connectivity index (χ2n) is 5.90. The van der Waals surface area contributed by atoms with Gasteiger partial charge >= 0.3 is 5.97 Å². The molecule has 1 heterocycles. The Hall–Kier alpha value is -3.21. The van der Waals surface area contributed by atoms with Gasteiger partial charge in [-0.25, -0.2) is 9.78 Å². The van der Waals surface area contributed by atoms with E-state index in [1.165, 1.54) is 0 Å². The molecular weight excluding hydrogens is 328 g/mol. The summed E-state index contributed by atoms with van der Waals surface area (Å²) in [5.41, 5.74) is 2.89. The number of aromatic nitrogens is 2. The van der Waals surface area contributed by atoms with Crippen molar-refractivity contribution in [3.8, 4) is 11.3 Å². The third-order valence-electron chi connectivity index (χ3n) is 4.07. The zero-order valence-electron chi connectivity index (χ0n) is 14.8. The van der Waals surface area contributed by atoms with E-state index in [-0.39, 0.29) is 11.5 Å². The van der Waals surface area contributed by atoms with E-state index in [9.17, 15) is 9.59 Å². The summed E-state index contributed by atoms with van der Waals surface area (Å²) in [6, 6.07) is 18.2. The summed E-state index contributed by atoms with van der Waals surface area (Å²) in [5, 5.41) is 0. The third kappa shape index (κ3) is 3.88. The number of rotatable bonds is 5. The van der Waals surface area contributed by atoms with Crippen molar-refractivity contribution in [1.82, 2.24) is 9.55 Å². The van der Waals surface area contributed by atoms with Crippen LogP contribution in [-0.2, 0) is 11.3 Å². The highest BCUT2D eigenvalue weighted by molar-refractivity contribution is 5.89. The molecule has 0 N–H and O–H groups in total. The first kappa shape index (κ1) is 17.6. The number of carbonyl (C=O) groups is 1. The smallest absolute Gasteiger partial charge is 0.338 e. The lowest BCUT2D eigenvalue weighted by molar-refractivity contribution is 0.0526. The molecule has 0 fully saturated rings. The van der Waals surface area contributed by atoms with Gasteiger partial charge in [0.05, 0.1) is 24.4 Å². The lowest BCUT2D eigenvalue weighted by Crippen LogP contribution is -2.24. The van der Waals surface area contributed by atoms with Gasteiger partial charge in [0, 0.05) is 11.6 Å². The van der Waals surface area contributed by atoms with Crippen molar-refractivity contribution in [2.75, 3.05) is 6.61 Å². The molecule has 0 atom stereocenters. The quantitative estimate of drug-likeness (QED) is 0.663. The van der Waals surface area contributed by atoms with Gasteiger partial charge in [-0.05, 0) is 31.5 Å². The highest BCUT2D eigenvalue weighted by Crippen LogP contribution is 2.15. The van der Waals surface area contributed by atoms with Gasteiger partial charge in [-0.15, -0.1) is 0 Å². The molecule has 0 bridgehead atoms. The largest absolute Gasteiger partial charge is 0.462 e. The number of esters is 1. The molecule has 0 aliphatic rings. The number of carbonyl (C=O) groups excluding carboxylic acids is 1. The first-order valence-electron chi connectivity index (χ1n) is 8.48. The van der Waals surface area contributed by atoms with E-state index >= 15 is 0 Å². The molecule has 0 aliphatic carbocycles. The standard InChI is InChI=1S/C21H20N2O3/c1-3-26-21(25)18-11-9-16(10-12-18)14-23-15(2)22-19(13-20(23)24)17-7-5-4-6-8-17/h4-13H,3,14H2,1-2H3. The van der Waals surface area contributed by atoms with E-state index in [1.807, 2.05) is 49.4 Å². The third-order valence-corrected chi connectivity index (χ3v) is 4.07. The second kappa shape index (κ2) is 7.78. The maximum atomic E-state index is 12.5. The van der Waals surface area contributed by atoms with E-state index < -0.39 is 0 Å². The average molecular weight is 348 g/mol.